The third kappa shape index (κ3) is 2.59. The van der Waals surface area contributed by atoms with Crippen LogP contribution in [-0.4, -0.2) is 26.3 Å². The fourth-order valence-electron chi connectivity index (χ4n) is 1.23. The van der Waals surface area contributed by atoms with Crippen LogP contribution in [0.3, 0.4) is 0 Å². The fraction of sp³-hybridized carbons (Fsp3) is 0.200. The Morgan fingerprint density at radius 3 is 3.00 bits per heavy atom. The number of rotatable bonds is 4. The van der Waals surface area contributed by atoms with E-state index in [1.807, 2.05) is 0 Å². The molecule has 2 heterocycles. The molecule has 7 nitrogen and oxygen atoms in total. The molecule has 0 atom stereocenters. The number of furan rings is 1. The van der Waals surface area contributed by atoms with E-state index in [0.717, 1.165) is 11.8 Å². The van der Waals surface area contributed by atoms with E-state index in [4.69, 9.17) is 4.42 Å². The van der Waals surface area contributed by atoms with E-state index in [-0.39, 0.29) is 22.5 Å². The van der Waals surface area contributed by atoms with Gasteiger partial charge in [-0.1, -0.05) is 11.8 Å². The average Bonchev–Trinajstić information content (AvgIpc) is 2.85. The molecular formula is C10H9N3O4S. The molecule has 0 bridgehead atoms. The summed E-state index contributed by atoms with van der Waals surface area (Å²) in [6.07, 6.45) is 1.41. The van der Waals surface area contributed by atoms with Gasteiger partial charge in [0.25, 0.3) is 0 Å². The van der Waals surface area contributed by atoms with Crippen LogP contribution in [0.5, 0.6) is 0 Å². The Bertz CT molecular complexity index is 671. The molecule has 0 saturated carbocycles. The maximum atomic E-state index is 11.6. The summed E-state index contributed by atoms with van der Waals surface area (Å²) in [5.74, 6) is 0.0993. The smallest absolute Gasteiger partial charge is 0.339 e. The van der Waals surface area contributed by atoms with Crippen LogP contribution in [-0.2, 0) is 7.05 Å². The number of nitrogens with one attached hydrogen (secondary N) is 1. The summed E-state index contributed by atoms with van der Waals surface area (Å²) in [6.45, 7) is 0. The van der Waals surface area contributed by atoms with Crippen molar-refractivity contribution in [2.45, 2.75) is 5.16 Å². The van der Waals surface area contributed by atoms with E-state index in [9.17, 15) is 14.4 Å². The largest absolute Gasteiger partial charge is 0.461 e. The number of thioether (sulfide) groups is 1. The van der Waals surface area contributed by atoms with Crippen molar-refractivity contribution in [1.29, 1.82) is 0 Å². The molecule has 0 fully saturated rings. The lowest BCUT2D eigenvalue weighted by Gasteiger charge is -2.04. The molecule has 2 aromatic rings. The lowest BCUT2D eigenvalue weighted by atomic mass is 10.3. The number of Topliss-reactive ketones (excluding diaryl/α,β-unsaturated/α-hetero) is 1. The summed E-state index contributed by atoms with van der Waals surface area (Å²) < 4.78 is 6.24. The molecule has 0 spiro atoms. The van der Waals surface area contributed by atoms with Gasteiger partial charge in [0.15, 0.2) is 10.9 Å². The number of aromatic nitrogens is 3. The van der Waals surface area contributed by atoms with Crippen LogP contribution in [0.25, 0.3) is 0 Å². The second kappa shape index (κ2) is 5.05. The lowest BCUT2D eigenvalue weighted by molar-refractivity contribution is 0.0992. The molecule has 0 aliphatic carbocycles. The van der Waals surface area contributed by atoms with Gasteiger partial charge in [-0.15, -0.1) is 0 Å². The second-order valence-electron chi connectivity index (χ2n) is 3.39. The topological polar surface area (TPSA) is 98.0 Å². The summed E-state index contributed by atoms with van der Waals surface area (Å²) in [4.78, 5) is 37.3. The normalized spacial score (nSPS) is 10.5. The Morgan fingerprint density at radius 2 is 2.33 bits per heavy atom. The third-order valence-electron chi connectivity index (χ3n) is 2.08. The quantitative estimate of drug-likeness (QED) is 0.477. The molecule has 0 radical (unpaired) electrons. The van der Waals surface area contributed by atoms with Crippen molar-refractivity contribution in [3.63, 3.8) is 0 Å². The standard InChI is InChI=1S/C10H9N3O4S/c1-13-10(11-8(15)9(16)12-13)18-5-6(14)7-3-2-4-17-7/h2-4H,5H2,1H3,(H,12,16). The SMILES string of the molecule is Cn1[nH]c(=O)c(=O)nc1SCC(=O)c1ccco1. The van der Waals surface area contributed by atoms with E-state index >= 15 is 0 Å². The molecule has 0 unspecified atom stereocenters. The number of hydrogen-bond acceptors (Lipinski definition) is 6. The Balaban J connectivity index is 2.12. The van der Waals surface area contributed by atoms with E-state index in [1.54, 1.807) is 12.1 Å². The van der Waals surface area contributed by atoms with Crippen LogP contribution in [0.4, 0.5) is 0 Å². The molecule has 2 rings (SSSR count). The Kier molecular flexibility index (Phi) is 3.47. The zero-order chi connectivity index (χ0) is 13.1. The number of hydrogen-bond donors (Lipinski definition) is 1. The first kappa shape index (κ1) is 12.4. The number of H-pyrrole nitrogens is 1. The highest BCUT2D eigenvalue weighted by atomic mass is 32.2. The number of aromatic amines is 1. The Labute approximate surface area is 105 Å². The van der Waals surface area contributed by atoms with Gasteiger partial charge in [-0.05, 0) is 12.1 Å². The van der Waals surface area contributed by atoms with Gasteiger partial charge in [-0.25, -0.2) is 0 Å². The number of carbonyl (C=O) groups excluding carboxylic acids is 1. The predicted octanol–water partition coefficient (Wildman–Crippen LogP) is 0.0366. The van der Waals surface area contributed by atoms with Crippen LogP contribution in [0.1, 0.15) is 10.6 Å². The summed E-state index contributed by atoms with van der Waals surface area (Å²) in [5, 5.41) is 2.56. The van der Waals surface area contributed by atoms with Crippen molar-refractivity contribution < 1.29 is 9.21 Å². The average molecular weight is 267 g/mol. The van der Waals surface area contributed by atoms with Crippen molar-refractivity contribution in [2.75, 3.05) is 5.75 Å². The third-order valence-corrected chi connectivity index (χ3v) is 3.11. The van der Waals surface area contributed by atoms with Crippen molar-refractivity contribution in [3.05, 3.63) is 44.9 Å². The minimum atomic E-state index is -0.874. The van der Waals surface area contributed by atoms with Crippen molar-refractivity contribution in [2.24, 2.45) is 7.05 Å². The molecule has 18 heavy (non-hydrogen) atoms. The van der Waals surface area contributed by atoms with Crippen LogP contribution >= 0.6 is 11.8 Å². The summed E-state index contributed by atoms with van der Waals surface area (Å²) in [6, 6.07) is 3.17. The molecule has 0 saturated heterocycles. The number of nitrogens with zero attached hydrogens (tertiary/aromatic N) is 2. The van der Waals surface area contributed by atoms with Gasteiger partial charge in [0, 0.05) is 7.05 Å². The minimum absolute atomic E-state index is 0.0693. The van der Waals surface area contributed by atoms with Gasteiger partial charge < -0.3 is 4.42 Å². The van der Waals surface area contributed by atoms with Crippen molar-refractivity contribution in [1.82, 2.24) is 14.8 Å². The molecule has 8 heteroatoms. The van der Waals surface area contributed by atoms with Crippen LogP contribution in [0.2, 0.25) is 0 Å². The summed E-state index contributed by atoms with van der Waals surface area (Å²) in [7, 11) is 1.54. The van der Waals surface area contributed by atoms with Gasteiger partial charge in [0.2, 0.25) is 5.78 Å². The van der Waals surface area contributed by atoms with E-state index in [2.05, 4.69) is 10.1 Å². The highest BCUT2D eigenvalue weighted by molar-refractivity contribution is 7.99. The monoisotopic (exact) mass is 267 g/mol. The molecule has 2 aromatic heterocycles. The van der Waals surface area contributed by atoms with Crippen LogP contribution in [0.15, 0.2) is 37.6 Å². The van der Waals surface area contributed by atoms with Gasteiger partial charge in [0.05, 0.1) is 12.0 Å². The number of ketones is 1. The van der Waals surface area contributed by atoms with Crippen molar-refractivity contribution in [3.8, 4) is 0 Å². The minimum Gasteiger partial charge on any atom is -0.461 e. The molecule has 0 amide bonds. The predicted molar refractivity (Wildman–Crippen MR) is 63.9 cm³/mol. The van der Waals surface area contributed by atoms with E-state index < -0.39 is 11.1 Å². The second-order valence-corrected chi connectivity index (χ2v) is 4.33. The number of aryl methyl sites for hydroxylation is 1. The molecule has 0 aromatic carbocycles. The Hall–Kier alpha value is -2.09. The fourth-order valence-corrected chi connectivity index (χ4v) is 2.02. The molecule has 0 aliphatic rings. The number of carbonyl (C=O) groups is 1. The highest BCUT2D eigenvalue weighted by Gasteiger charge is 2.11. The summed E-state index contributed by atoms with van der Waals surface area (Å²) >= 11 is 1.05. The van der Waals surface area contributed by atoms with E-state index in [1.165, 1.54) is 18.0 Å². The van der Waals surface area contributed by atoms with E-state index in [0.29, 0.717) is 0 Å². The van der Waals surface area contributed by atoms with Crippen LogP contribution in [0, 0.1) is 0 Å². The zero-order valence-corrected chi connectivity index (χ0v) is 10.2. The molecular weight excluding hydrogens is 258 g/mol. The maximum Gasteiger partial charge on any atom is 0.339 e. The van der Waals surface area contributed by atoms with Gasteiger partial charge in [-0.3, -0.25) is 24.2 Å². The van der Waals surface area contributed by atoms with Gasteiger partial charge in [0.1, 0.15) is 0 Å². The zero-order valence-electron chi connectivity index (χ0n) is 9.37. The molecule has 0 aliphatic heterocycles. The highest BCUT2D eigenvalue weighted by Crippen LogP contribution is 2.14. The Morgan fingerprint density at radius 1 is 1.56 bits per heavy atom. The first-order chi connectivity index (χ1) is 8.58. The van der Waals surface area contributed by atoms with Crippen molar-refractivity contribution >= 4 is 17.5 Å². The van der Waals surface area contributed by atoms with Gasteiger partial charge in [-0.2, -0.15) is 4.98 Å². The first-order valence-corrected chi connectivity index (χ1v) is 5.93. The lowest BCUT2D eigenvalue weighted by Crippen LogP contribution is -2.34. The van der Waals surface area contributed by atoms with Gasteiger partial charge >= 0.3 is 11.1 Å². The molecule has 94 valence electrons. The summed E-state index contributed by atoms with van der Waals surface area (Å²) in [5.41, 5.74) is -1.67. The maximum absolute atomic E-state index is 11.6. The van der Waals surface area contributed by atoms with Crippen LogP contribution < -0.4 is 11.1 Å². The first-order valence-electron chi connectivity index (χ1n) is 4.95. The molecule has 1 N–H and O–H groups in total.